The van der Waals surface area contributed by atoms with Crippen molar-refractivity contribution in [3.63, 3.8) is 0 Å². The van der Waals surface area contributed by atoms with Crippen LogP contribution in [0.2, 0.25) is 0 Å². The molecule has 1 N–H and O–H groups in total. The van der Waals surface area contributed by atoms with Gasteiger partial charge in [0.25, 0.3) is 0 Å². The van der Waals surface area contributed by atoms with Crippen LogP contribution in [-0.2, 0) is 0 Å². The Balaban J connectivity index is 2.23. The quantitative estimate of drug-likeness (QED) is 0.678. The Bertz CT molecular complexity index is 183. The standard InChI is InChI=1S/C16H34N2/c1-14(2)6-10-18(11-7-15(3)4)12-8-16-5-9-17-13-16/h14-17H,5-13H2,1-4H3. The molecule has 1 aliphatic rings. The topological polar surface area (TPSA) is 15.3 Å². The second-order valence-electron chi connectivity index (χ2n) is 6.85. The van der Waals surface area contributed by atoms with Crippen molar-refractivity contribution in [3.8, 4) is 0 Å². The molecule has 1 rings (SSSR count). The number of nitrogens with one attached hydrogen (secondary N) is 1. The summed E-state index contributed by atoms with van der Waals surface area (Å²) in [6.07, 6.45) is 5.48. The average molecular weight is 254 g/mol. The Hall–Kier alpha value is -0.0800. The summed E-state index contributed by atoms with van der Waals surface area (Å²) in [5.74, 6) is 2.60. The number of hydrogen-bond donors (Lipinski definition) is 1. The normalized spacial score (nSPS) is 20.5. The molecule has 18 heavy (non-hydrogen) atoms. The molecule has 0 aliphatic carbocycles. The van der Waals surface area contributed by atoms with Crippen molar-refractivity contribution in [2.24, 2.45) is 17.8 Å². The fourth-order valence-electron chi connectivity index (χ4n) is 2.54. The maximum absolute atomic E-state index is 3.48. The minimum atomic E-state index is 0.833. The second kappa shape index (κ2) is 8.92. The van der Waals surface area contributed by atoms with Crippen molar-refractivity contribution >= 4 is 0 Å². The van der Waals surface area contributed by atoms with E-state index in [2.05, 4.69) is 37.9 Å². The van der Waals surface area contributed by atoms with Crippen molar-refractivity contribution in [3.05, 3.63) is 0 Å². The smallest absolute Gasteiger partial charge is 0.00156 e. The van der Waals surface area contributed by atoms with E-state index in [0.717, 1.165) is 17.8 Å². The van der Waals surface area contributed by atoms with Gasteiger partial charge in [-0.25, -0.2) is 0 Å². The summed E-state index contributed by atoms with van der Waals surface area (Å²) in [6.45, 7) is 15.7. The van der Waals surface area contributed by atoms with Crippen molar-refractivity contribution in [1.29, 1.82) is 0 Å². The minimum Gasteiger partial charge on any atom is -0.316 e. The first kappa shape index (κ1) is 16.0. The second-order valence-corrected chi connectivity index (χ2v) is 6.85. The fourth-order valence-corrected chi connectivity index (χ4v) is 2.54. The van der Waals surface area contributed by atoms with Gasteiger partial charge in [0.2, 0.25) is 0 Å². The lowest BCUT2D eigenvalue weighted by Gasteiger charge is -2.25. The molecule has 0 aromatic rings. The number of hydrogen-bond acceptors (Lipinski definition) is 2. The lowest BCUT2D eigenvalue weighted by Crippen LogP contribution is -2.30. The van der Waals surface area contributed by atoms with E-state index in [4.69, 9.17) is 0 Å². The van der Waals surface area contributed by atoms with Crippen LogP contribution in [0, 0.1) is 17.8 Å². The van der Waals surface area contributed by atoms with Crippen LogP contribution in [0.5, 0.6) is 0 Å². The molecule has 1 aliphatic heterocycles. The fraction of sp³-hybridized carbons (Fsp3) is 1.00. The van der Waals surface area contributed by atoms with E-state index in [1.54, 1.807) is 0 Å². The van der Waals surface area contributed by atoms with Gasteiger partial charge in [0.15, 0.2) is 0 Å². The first-order valence-electron chi connectivity index (χ1n) is 8.01. The van der Waals surface area contributed by atoms with E-state index in [1.807, 2.05) is 0 Å². The average Bonchev–Trinajstić information content (AvgIpc) is 2.80. The molecule has 0 saturated carbocycles. The maximum atomic E-state index is 3.48. The van der Waals surface area contributed by atoms with E-state index in [9.17, 15) is 0 Å². The van der Waals surface area contributed by atoms with Gasteiger partial charge in [0, 0.05) is 0 Å². The highest BCUT2D eigenvalue weighted by molar-refractivity contribution is 4.73. The van der Waals surface area contributed by atoms with Crippen LogP contribution in [0.15, 0.2) is 0 Å². The van der Waals surface area contributed by atoms with Crippen LogP contribution >= 0.6 is 0 Å². The highest BCUT2D eigenvalue weighted by atomic mass is 15.1. The molecule has 1 unspecified atom stereocenters. The lowest BCUT2D eigenvalue weighted by molar-refractivity contribution is 0.228. The lowest BCUT2D eigenvalue weighted by atomic mass is 10.0. The molecule has 0 amide bonds. The highest BCUT2D eigenvalue weighted by Crippen LogP contribution is 2.14. The third-order valence-corrected chi connectivity index (χ3v) is 4.06. The molecule has 0 aromatic carbocycles. The monoisotopic (exact) mass is 254 g/mol. The van der Waals surface area contributed by atoms with Gasteiger partial charge >= 0.3 is 0 Å². The van der Waals surface area contributed by atoms with Gasteiger partial charge in [0.1, 0.15) is 0 Å². The number of nitrogens with zero attached hydrogens (tertiary/aromatic N) is 1. The zero-order valence-electron chi connectivity index (χ0n) is 13.0. The van der Waals surface area contributed by atoms with Crippen molar-refractivity contribution < 1.29 is 0 Å². The predicted octanol–water partition coefficient (Wildman–Crippen LogP) is 3.38. The summed E-state index contributed by atoms with van der Waals surface area (Å²) in [4.78, 5) is 2.71. The molecule has 1 fully saturated rings. The molecule has 1 atom stereocenters. The summed E-state index contributed by atoms with van der Waals surface area (Å²) in [6, 6.07) is 0. The van der Waals surface area contributed by atoms with E-state index in [0.29, 0.717) is 0 Å². The largest absolute Gasteiger partial charge is 0.316 e. The van der Waals surface area contributed by atoms with Crippen molar-refractivity contribution in [2.45, 2.75) is 53.4 Å². The molecule has 0 aromatic heterocycles. The van der Waals surface area contributed by atoms with Gasteiger partial charge in [-0.2, -0.15) is 0 Å². The van der Waals surface area contributed by atoms with E-state index in [-0.39, 0.29) is 0 Å². The maximum Gasteiger partial charge on any atom is -0.00156 e. The third kappa shape index (κ3) is 7.38. The van der Waals surface area contributed by atoms with E-state index >= 15 is 0 Å². The Kier molecular flexibility index (Phi) is 7.92. The summed E-state index contributed by atoms with van der Waals surface area (Å²) in [7, 11) is 0. The van der Waals surface area contributed by atoms with Gasteiger partial charge in [0.05, 0.1) is 0 Å². The molecule has 0 spiro atoms. The molecule has 108 valence electrons. The molecule has 2 heteroatoms. The molecular formula is C16H34N2. The Labute approximate surface area is 115 Å². The SMILES string of the molecule is CC(C)CCN(CCC(C)C)CCC1CCNC1. The number of rotatable bonds is 9. The van der Waals surface area contributed by atoms with E-state index in [1.165, 1.54) is 58.4 Å². The molecule has 0 radical (unpaired) electrons. The first-order chi connectivity index (χ1) is 8.58. The molecule has 0 bridgehead atoms. The van der Waals surface area contributed by atoms with Crippen molar-refractivity contribution in [1.82, 2.24) is 10.2 Å². The predicted molar refractivity (Wildman–Crippen MR) is 80.9 cm³/mol. The van der Waals surface area contributed by atoms with Crippen LogP contribution in [0.4, 0.5) is 0 Å². The first-order valence-corrected chi connectivity index (χ1v) is 8.01. The molecule has 2 nitrogen and oxygen atoms in total. The Morgan fingerprint density at radius 3 is 2.06 bits per heavy atom. The Morgan fingerprint density at radius 2 is 1.61 bits per heavy atom. The summed E-state index contributed by atoms with van der Waals surface area (Å²) < 4.78 is 0. The van der Waals surface area contributed by atoms with Gasteiger partial charge < -0.3 is 10.2 Å². The Morgan fingerprint density at radius 1 is 1.00 bits per heavy atom. The van der Waals surface area contributed by atoms with Crippen molar-refractivity contribution in [2.75, 3.05) is 32.7 Å². The van der Waals surface area contributed by atoms with Crippen LogP contribution in [0.3, 0.4) is 0 Å². The summed E-state index contributed by atoms with van der Waals surface area (Å²) in [5.41, 5.74) is 0. The third-order valence-electron chi connectivity index (χ3n) is 4.06. The highest BCUT2D eigenvalue weighted by Gasteiger charge is 2.16. The van der Waals surface area contributed by atoms with E-state index < -0.39 is 0 Å². The minimum absolute atomic E-state index is 0.833. The molecule has 1 saturated heterocycles. The van der Waals surface area contributed by atoms with Crippen LogP contribution in [0.1, 0.15) is 53.4 Å². The van der Waals surface area contributed by atoms with Gasteiger partial charge in [-0.1, -0.05) is 27.7 Å². The van der Waals surface area contributed by atoms with Gasteiger partial charge in [-0.15, -0.1) is 0 Å². The summed E-state index contributed by atoms with van der Waals surface area (Å²) in [5, 5.41) is 3.48. The molecule has 1 heterocycles. The van der Waals surface area contributed by atoms with Gasteiger partial charge in [-0.3, -0.25) is 0 Å². The van der Waals surface area contributed by atoms with Crippen LogP contribution < -0.4 is 5.32 Å². The zero-order chi connectivity index (χ0) is 13.4. The zero-order valence-corrected chi connectivity index (χ0v) is 13.0. The summed E-state index contributed by atoms with van der Waals surface area (Å²) >= 11 is 0. The van der Waals surface area contributed by atoms with Gasteiger partial charge in [-0.05, 0) is 76.2 Å². The van der Waals surface area contributed by atoms with Crippen LogP contribution in [-0.4, -0.2) is 37.6 Å². The molecular weight excluding hydrogens is 220 g/mol. The van der Waals surface area contributed by atoms with Crippen LogP contribution in [0.25, 0.3) is 0 Å².